The fourth-order valence-corrected chi connectivity index (χ4v) is 4.18. The molecule has 0 spiro atoms. The van der Waals surface area contributed by atoms with E-state index in [-0.39, 0.29) is 23.7 Å². The van der Waals surface area contributed by atoms with Crippen molar-refractivity contribution in [3.8, 4) is 0 Å². The number of nitrogens with two attached hydrogens (primary N) is 1. The summed E-state index contributed by atoms with van der Waals surface area (Å²) in [6, 6.07) is 10.5. The first-order valence-corrected chi connectivity index (χ1v) is 10.0. The zero-order valence-corrected chi connectivity index (χ0v) is 16.5. The molecule has 2 amide bonds. The van der Waals surface area contributed by atoms with Crippen LogP contribution in [0.15, 0.2) is 30.3 Å². The molecule has 3 unspecified atom stereocenters. The minimum atomic E-state index is -0.344. The highest BCUT2D eigenvalue weighted by Gasteiger charge is 2.37. The molecule has 1 fully saturated rings. The second-order valence-corrected chi connectivity index (χ2v) is 8.16. The van der Waals surface area contributed by atoms with Crippen LogP contribution in [0.4, 0.5) is 0 Å². The Bertz CT molecular complexity index is 585. The molecule has 1 aromatic rings. The van der Waals surface area contributed by atoms with Gasteiger partial charge in [-0.1, -0.05) is 57.5 Å². The molecule has 2 rings (SSSR count). The van der Waals surface area contributed by atoms with Crippen molar-refractivity contribution in [1.29, 1.82) is 0 Å². The van der Waals surface area contributed by atoms with Gasteiger partial charge in [-0.15, -0.1) is 0 Å². The number of amides is 2. The van der Waals surface area contributed by atoms with Crippen molar-refractivity contribution < 1.29 is 9.59 Å². The summed E-state index contributed by atoms with van der Waals surface area (Å²) in [6.07, 6.45) is 4.33. The lowest BCUT2D eigenvalue weighted by atomic mass is 9.81. The third-order valence-electron chi connectivity index (χ3n) is 5.46. The van der Waals surface area contributed by atoms with Gasteiger partial charge in [0.2, 0.25) is 11.8 Å². The van der Waals surface area contributed by atoms with Crippen molar-refractivity contribution in [2.75, 3.05) is 13.1 Å². The molecule has 2 N–H and O–H groups in total. The molecule has 0 saturated carbocycles. The Morgan fingerprint density at radius 3 is 2.46 bits per heavy atom. The van der Waals surface area contributed by atoms with Gasteiger partial charge in [-0.25, -0.2) is 0 Å². The Hall–Kier alpha value is -1.84. The fraction of sp³-hybridized carbons (Fsp3) is 0.636. The Morgan fingerprint density at radius 1 is 1.19 bits per heavy atom. The number of rotatable bonds is 9. The number of hydrogen-bond acceptors (Lipinski definition) is 2. The van der Waals surface area contributed by atoms with Gasteiger partial charge in [-0.2, -0.15) is 0 Å². The highest BCUT2D eigenvalue weighted by Crippen LogP contribution is 2.30. The summed E-state index contributed by atoms with van der Waals surface area (Å²) in [5.74, 6) is 0.0491. The number of primary amides is 1. The van der Waals surface area contributed by atoms with Crippen LogP contribution in [-0.4, -0.2) is 29.8 Å². The smallest absolute Gasteiger partial charge is 0.226 e. The molecule has 0 aliphatic carbocycles. The van der Waals surface area contributed by atoms with Crippen LogP contribution in [0.25, 0.3) is 0 Å². The third-order valence-corrected chi connectivity index (χ3v) is 5.46. The van der Waals surface area contributed by atoms with Gasteiger partial charge in [0.15, 0.2) is 0 Å². The van der Waals surface area contributed by atoms with Crippen LogP contribution in [0.5, 0.6) is 0 Å². The van der Waals surface area contributed by atoms with Crippen LogP contribution in [-0.2, 0) is 16.0 Å². The van der Waals surface area contributed by atoms with E-state index in [1.807, 2.05) is 17.9 Å². The molecular weight excluding hydrogens is 324 g/mol. The quantitative estimate of drug-likeness (QED) is 0.732. The fourth-order valence-electron chi connectivity index (χ4n) is 4.18. The van der Waals surface area contributed by atoms with Crippen molar-refractivity contribution >= 4 is 11.8 Å². The Labute approximate surface area is 158 Å². The van der Waals surface area contributed by atoms with Crippen LogP contribution < -0.4 is 5.73 Å². The minimum Gasteiger partial charge on any atom is -0.369 e. The van der Waals surface area contributed by atoms with Gasteiger partial charge in [0.05, 0.1) is 0 Å². The lowest BCUT2D eigenvalue weighted by Gasteiger charge is -2.29. The molecule has 3 atom stereocenters. The van der Waals surface area contributed by atoms with Gasteiger partial charge in [0, 0.05) is 24.9 Å². The standard InChI is InChI=1S/C22H34N2O2/c1-4-8-19(21(23)25)20(13-16(2)3)22(26)24-12-11-18(15-24)14-17-9-6-5-7-10-17/h5-7,9-10,16,18-20H,4,8,11-15H2,1-3H3,(H2,23,25). The normalized spacial score (nSPS) is 19.5. The van der Waals surface area contributed by atoms with Gasteiger partial charge < -0.3 is 10.6 Å². The lowest BCUT2D eigenvalue weighted by Crippen LogP contribution is -2.42. The Morgan fingerprint density at radius 2 is 1.88 bits per heavy atom. The van der Waals surface area contributed by atoms with Gasteiger partial charge >= 0.3 is 0 Å². The summed E-state index contributed by atoms with van der Waals surface area (Å²) >= 11 is 0. The largest absolute Gasteiger partial charge is 0.369 e. The van der Waals surface area contributed by atoms with Gasteiger partial charge in [-0.05, 0) is 43.1 Å². The molecule has 4 heteroatoms. The number of carbonyl (C=O) groups is 2. The summed E-state index contributed by atoms with van der Waals surface area (Å²) in [6.45, 7) is 7.83. The first-order valence-electron chi connectivity index (χ1n) is 10.0. The maximum atomic E-state index is 13.2. The van der Waals surface area contributed by atoms with Gasteiger partial charge in [0.1, 0.15) is 0 Å². The van der Waals surface area contributed by atoms with Gasteiger partial charge in [0.25, 0.3) is 0 Å². The van der Waals surface area contributed by atoms with Crippen LogP contribution >= 0.6 is 0 Å². The van der Waals surface area contributed by atoms with Crippen molar-refractivity contribution in [2.45, 2.75) is 52.9 Å². The predicted molar refractivity (Wildman–Crippen MR) is 105 cm³/mol. The minimum absolute atomic E-state index is 0.131. The Balaban J connectivity index is 2.04. The van der Waals surface area contributed by atoms with Crippen molar-refractivity contribution in [2.24, 2.45) is 29.4 Å². The Kier molecular flexibility index (Phi) is 7.67. The predicted octanol–water partition coefficient (Wildman–Crippen LogP) is 3.64. The molecule has 1 aliphatic heterocycles. The molecule has 4 nitrogen and oxygen atoms in total. The zero-order valence-electron chi connectivity index (χ0n) is 16.5. The second-order valence-electron chi connectivity index (χ2n) is 8.16. The topological polar surface area (TPSA) is 63.4 Å². The highest BCUT2D eigenvalue weighted by molar-refractivity contribution is 5.87. The average molecular weight is 359 g/mol. The van der Waals surface area contributed by atoms with E-state index in [0.717, 1.165) is 38.8 Å². The third kappa shape index (κ3) is 5.58. The first kappa shape index (κ1) is 20.5. The van der Waals surface area contributed by atoms with Crippen LogP contribution in [0.2, 0.25) is 0 Å². The van der Waals surface area contributed by atoms with Crippen molar-refractivity contribution in [3.63, 3.8) is 0 Å². The molecular formula is C22H34N2O2. The van der Waals surface area contributed by atoms with E-state index < -0.39 is 0 Å². The summed E-state index contributed by atoms with van der Waals surface area (Å²) in [7, 11) is 0. The summed E-state index contributed by atoms with van der Waals surface area (Å²) in [5, 5.41) is 0. The van der Waals surface area contributed by atoms with Crippen molar-refractivity contribution in [3.05, 3.63) is 35.9 Å². The molecule has 144 valence electrons. The molecule has 0 radical (unpaired) electrons. The molecule has 1 saturated heterocycles. The van der Waals surface area contributed by atoms with E-state index >= 15 is 0 Å². The lowest BCUT2D eigenvalue weighted by molar-refractivity contribution is -0.141. The van der Waals surface area contributed by atoms with Crippen molar-refractivity contribution in [1.82, 2.24) is 4.90 Å². The van der Waals surface area contributed by atoms with E-state index in [1.54, 1.807) is 0 Å². The van der Waals surface area contributed by atoms with Gasteiger partial charge in [-0.3, -0.25) is 9.59 Å². The highest BCUT2D eigenvalue weighted by atomic mass is 16.2. The molecule has 0 bridgehead atoms. The summed E-state index contributed by atoms with van der Waals surface area (Å²) in [4.78, 5) is 27.2. The molecule has 1 aliphatic rings. The molecule has 1 heterocycles. The first-order chi connectivity index (χ1) is 12.4. The van der Waals surface area contributed by atoms with Crippen LogP contribution in [0.1, 0.15) is 52.0 Å². The molecule has 1 aromatic carbocycles. The number of likely N-dealkylation sites (tertiary alicyclic amines) is 1. The van der Waals surface area contributed by atoms with E-state index in [9.17, 15) is 9.59 Å². The number of hydrogen-bond donors (Lipinski definition) is 1. The van der Waals surface area contributed by atoms with E-state index in [0.29, 0.717) is 18.3 Å². The molecule has 0 aromatic heterocycles. The number of carbonyl (C=O) groups excluding carboxylic acids is 2. The van der Waals surface area contributed by atoms with Crippen LogP contribution in [0, 0.1) is 23.7 Å². The average Bonchev–Trinajstić information content (AvgIpc) is 3.06. The second kappa shape index (κ2) is 9.75. The summed E-state index contributed by atoms with van der Waals surface area (Å²) < 4.78 is 0. The summed E-state index contributed by atoms with van der Waals surface area (Å²) in [5.41, 5.74) is 6.98. The number of nitrogens with zero attached hydrogens (tertiary/aromatic N) is 1. The maximum Gasteiger partial charge on any atom is 0.226 e. The monoisotopic (exact) mass is 358 g/mol. The van der Waals surface area contributed by atoms with Crippen LogP contribution in [0.3, 0.4) is 0 Å². The van der Waals surface area contributed by atoms with E-state index in [1.165, 1.54) is 5.56 Å². The maximum absolute atomic E-state index is 13.2. The zero-order chi connectivity index (χ0) is 19.1. The number of benzene rings is 1. The molecule has 26 heavy (non-hydrogen) atoms. The van der Waals surface area contributed by atoms with E-state index in [4.69, 9.17) is 5.73 Å². The SMILES string of the molecule is CCCC(C(N)=O)C(CC(C)C)C(=O)N1CCC(Cc2ccccc2)C1. The van der Waals surface area contributed by atoms with E-state index in [2.05, 4.69) is 38.1 Å².